The van der Waals surface area contributed by atoms with E-state index in [1.54, 1.807) is 16.3 Å². The predicted octanol–water partition coefficient (Wildman–Crippen LogP) is -0.683. The fraction of sp³-hybridized carbons (Fsp3) is 0.143. The maximum atomic E-state index is 8.86. The molecule has 0 aliphatic carbocycles. The minimum absolute atomic E-state index is 0.248. The summed E-state index contributed by atoms with van der Waals surface area (Å²) in [6, 6.07) is 1.86. The summed E-state index contributed by atoms with van der Waals surface area (Å²) >= 11 is 1.31. The SMILES string of the molecule is Cc1ccn(-c2nc(B(O)O)cs2)n1. The monoisotopic (exact) mass is 209 g/mol. The minimum Gasteiger partial charge on any atom is -0.422 e. The van der Waals surface area contributed by atoms with Crippen molar-refractivity contribution >= 4 is 24.0 Å². The molecule has 0 aromatic carbocycles. The van der Waals surface area contributed by atoms with Crippen LogP contribution in [-0.2, 0) is 0 Å². The van der Waals surface area contributed by atoms with E-state index in [1.165, 1.54) is 11.3 Å². The van der Waals surface area contributed by atoms with Crippen molar-refractivity contribution < 1.29 is 10.0 Å². The Bertz CT molecular complexity index is 440. The van der Waals surface area contributed by atoms with Crippen molar-refractivity contribution in [3.05, 3.63) is 23.3 Å². The molecule has 7 heteroatoms. The number of nitrogens with zero attached hydrogens (tertiary/aromatic N) is 3. The third-order valence-corrected chi connectivity index (χ3v) is 2.54. The summed E-state index contributed by atoms with van der Waals surface area (Å²) < 4.78 is 1.60. The van der Waals surface area contributed by atoms with Crippen molar-refractivity contribution in [2.75, 3.05) is 0 Å². The van der Waals surface area contributed by atoms with Gasteiger partial charge in [-0.25, -0.2) is 9.67 Å². The van der Waals surface area contributed by atoms with Crippen molar-refractivity contribution in [2.45, 2.75) is 6.92 Å². The largest absolute Gasteiger partial charge is 0.509 e. The van der Waals surface area contributed by atoms with Crippen LogP contribution in [0.25, 0.3) is 5.13 Å². The molecule has 2 N–H and O–H groups in total. The van der Waals surface area contributed by atoms with E-state index >= 15 is 0 Å². The molecule has 0 saturated heterocycles. The van der Waals surface area contributed by atoms with Gasteiger partial charge in [0.1, 0.15) is 0 Å². The number of aromatic nitrogens is 3. The second-order valence-electron chi connectivity index (χ2n) is 2.83. The Hall–Kier alpha value is -1.18. The average Bonchev–Trinajstić information content (AvgIpc) is 2.70. The van der Waals surface area contributed by atoms with E-state index in [1.807, 2.05) is 13.0 Å². The lowest BCUT2D eigenvalue weighted by atomic mass is 9.88. The molecular weight excluding hydrogens is 201 g/mol. The van der Waals surface area contributed by atoms with Crippen LogP contribution in [0.3, 0.4) is 0 Å². The summed E-state index contributed by atoms with van der Waals surface area (Å²) in [7, 11) is -1.52. The zero-order chi connectivity index (χ0) is 10.1. The van der Waals surface area contributed by atoms with E-state index in [0.29, 0.717) is 5.13 Å². The van der Waals surface area contributed by atoms with E-state index in [0.717, 1.165) is 5.69 Å². The highest BCUT2D eigenvalue weighted by Gasteiger charge is 2.15. The zero-order valence-electron chi connectivity index (χ0n) is 7.45. The second kappa shape index (κ2) is 3.53. The number of rotatable bonds is 2. The van der Waals surface area contributed by atoms with E-state index in [2.05, 4.69) is 10.1 Å². The van der Waals surface area contributed by atoms with Crippen molar-refractivity contribution in [2.24, 2.45) is 0 Å². The summed E-state index contributed by atoms with van der Waals surface area (Å²) in [5.41, 5.74) is 1.14. The van der Waals surface area contributed by atoms with Crippen LogP contribution in [0.4, 0.5) is 0 Å². The molecule has 0 spiro atoms. The summed E-state index contributed by atoms with van der Waals surface area (Å²) in [5, 5.41) is 24.1. The highest BCUT2D eigenvalue weighted by Crippen LogP contribution is 2.09. The quantitative estimate of drug-likeness (QED) is 0.642. The first kappa shape index (κ1) is 9.38. The second-order valence-corrected chi connectivity index (χ2v) is 3.67. The van der Waals surface area contributed by atoms with Gasteiger partial charge in [-0.3, -0.25) is 0 Å². The van der Waals surface area contributed by atoms with Gasteiger partial charge in [0.05, 0.1) is 11.3 Å². The summed E-state index contributed by atoms with van der Waals surface area (Å²) in [6.07, 6.45) is 1.78. The van der Waals surface area contributed by atoms with Crippen LogP contribution in [0.15, 0.2) is 17.6 Å². The number of thiazole rings is 1. The van der Waals surface area contributed by atoms with Gasteiger partial charge < -0.3 is 10.0 Å². The molecule has 0 aliphatic heterocycles. The Kier molecular flexibility index (Phi) is 2.36. The molecule has 0 saturated carbocycles. The van der Waals surface area contributed by atoms with Crippen molar-refractivity contribution in [3.8, 4) is 5.13 Å². The number of aryl methyl sites for hydroxylation is 1. The highest BCUT2D eigenvalue weighted by molar-refractivity contribution is 7.13. The van der Waals surface area contributed by atoms with Crippen LogP contribution in [0.1, 0.15) is 5.69 Å². The van der Waals surface area contributed by atoms with Crippen LogP contribution >= 0.6 is 11.3 Å². The first-order valence-corrected chi connectivity index (χ1v) is 4.89. The first-order valence-electron chi connectivity index (χ1n) is 4.01. The van der Waals surface area contributed by atoms with Gasteiger partial charge in [0.25, 0.3) is 0 Å². The van der Waals surface area contributed by atoms with Gasteiger partial charge in [0, 0.05) is 11.6 Å². The Labute approximate surface area is 84.8 Å². The molecule has 0 atom stereocenters. The maximum absolute atomic E-state index is 8.86. The topological polar surface area (TPSA) is 71.2 Å². The predicted molar refractivity (Wildman–Crippen MR) is 53.8 cm³/mol. The average molecular weight is 209 g/mol. The van der Waals surface area contributed by atoms with Gasteiger partial charge in [0.2, 0.25) is 5.13 Å². The first-order chi connectivity index (χ1) is 6.66. The van der Waals surface area contributed by atoms with Gasteiger partial charge in [-0.05, 0) is 13.0 Å². The molecule has 14 heavy (non-hydrogen) atoms. The molecule has 2 aromatic rings. The highest BCUT2D eigenvalue weighted by atomic mass is 32.1. The molecule has 2 heterocycles. The lowest BCUT2D eigenvalue weighted by Gasteiger charge is -1.93. The molecule has 72 valence electrons. The molecule has 0 aliphatic rings. The minimum atomic E-state index is -1.52. The van der Waals surface area contributed by atoms with Crippen LogP contribution in [-0.4, -0.2) is 31.9 Å². The van der Waals surface area contributed by atoms with E-state index < -0.39 is 7.12 Å². The molecule has 0 radical (unpaired) electrons. The Balaban J connectivity index is 2.33. The van der Waals surface area contributed by atoms with Gasteiger partial charge in [-0.2, -0.15) is 5.10 Å². The van der Waals surface area contributed by atoms with Gasteiger partial charge >= 0.3 is 7.12 Å². The third-order valence-electron chi connectivity index (χ3n) is 1.69. The Morgan fingerprint density at radius 1 is 1.50 bits per heavy atom. The third kappa shape index (κ3) is 1.70. The standard InChI is InChI=1S/C7H8BN3O2S/c1-5-2-3-11(10-5)7-9-6(4-14-7)8(12)13/h2-4,12-13H,1H3. The van der Waals surface area contributed by atoms with Crippen LogP contribution in [0.2, 0.25) is 0 Å². The van der Waals surface area contributed by atoms with Gasteiger partial charge in [0.15, 0.2) is 0 Å². The summed E-state index contributed by atoms with van der Waals surface area (Å²) in [4.78, 5) is 4.01. The molecule has 0 unspecified atom stereocenters. The fourth-order valence-electron chi connectivity index (χ4n) is 1.02. The van der Waals surface area contributed by atoms with Crippen molar-refractivity contribution in [1.82, 2.24) is 14.8 Å². The molecule has 0 amide bonds. The van der Waals surface area contributed by atoms with Crippen LogP contribution in [0.5, 0.6) is 0 Å². The summed E-state index contributed by atoms with van der Waals surface area (Å²) in [6.45, 7) is 1.88. The van der Waals surface area contributed by atoms with Gasteiger partial charge in [-0.1, -0.05) is 0 Å². The zero-order valence-corrected chi connectivity index (χ0v) is 8.27. The lowest BCUT2D eigenvalue weighted by Crippen LogP contribution is -2.30. The molecule has 0 fully saturated rings. The lowest BCUT2D eigenvalue weighted by molar-refractivity contribution is 0.424. The van der Waals surface area contributed by atoms with E-state index in [-0.39, 0.29) is 5.59 Å². The van der Waals surface area contributed by atoms with Crippen molar-refractivity contribution in [1.29, 1.82) is 0 Å². The Morgan fingerprint density at radius 2 is 2.29 bits per heavy atom. The maximum Gasteiger partial charge on any atom is 0.509 e. The molecule has 0 bridgehead atoms. The van der Waals surface area contributed by atoms with Gasteiger partial charge in [-0.15, -0.1) is 11.3 Å². The Morgan fingerprint density at radius 3 is 2.79 bits per heavy atom. The number of hydrogen-bond acceptors (Lipinski definition) is 5. The fourth-order valence-corrected chi connectivity index (χ4v) is 1.79. The van der Waals surface area contributed by atoms with E-state index in [4.69, 9.17) is 10.0 Å². The summed E-state index contributed by atoms with van der Waals surface area (Å²) in [5.74, 6) is 0. The van der Waals surface area contributed by atoms with Crippen LogP contribution < -0.4 is 5.59 Å². The van der Waals surface area contributed by atoms with E-state index in [9.17, 15) is 0 Å². The molecule has 2 aromatic heterocycles. The van der Waals surface area contributed by atoms with Crippen molar-refractivity contribution in [3.63, 3.8) is 0 Å². The molecular formula is C7H8BN3O2S. The molecule has 2 rings (SSSR count). The molecule has 5 nitrogen and oxygen atoms in total. The van der Waals surface area contributed by atoms with Crippen LogP contribution in [0, 0.1) is 6.92 Å². The smallest absolute Gasteiger partial charge is 0.422 e. The normalized spacial score (nSPS) is 10.5. The number of hydrogen-bond donors (Lipinski definition) is 2.